The third-order valence-electron chi connectivity index (χ3n) is 3.97. The third-order valence-corrected chi connectivity index (χ3v) is 3.97. The second kappa shape index (κ2) is 4.96. The Bertz CT molecular complexity index is 767. The Hall–Kier alpha value is -2.21. The van der Waals surface area contributed by atoms with E-state index < -0.39 is 0 Å². The maximum absolute atomic E-state index is 4.78. The summed E-state index contributed by atoms with van der Waals surface area (Å²) in [5, 5.41) is 13.7. The van der Waals surface area contributed by atoms with Crippen LogP contribution < -0.4 is 5.32 Å². The molecule has 0 atom stereocenters. The lowest BCUT2D eigenvalue weighted by atomic mass is 10.2. The fraction of sp³-hybridized carbons (Fsp3) is 0.400. The standard InChI is InChI=1S/C15H18N6/c1-20-15(17-10-18-20)9-21-14-5-3-2-4-12(14)13(19-21)8-16-11-6-7-11/h2-5,10-11,16H,6-9H2,1H3. The zero-order valence-electron chi connectivity index (χ0n) is 12.0. The van der Waals surface area contributed by atoms with Crippen LogP contribution in [0.1, 0.15) is 24.4 Å². The van der Waals surface area contributed by atoms with Gasteiger partial charge in [-0.2, -0.15) is 10.2 Å². The van der Waals surface area contributed by atoms with Gasteiger partial charge in [-0.15, -0.1) is 0 Å². The van der Waals surface area contributed by atoms with Gasteiger partial charge in [0.2, 0.25) is 0 Å². The topological polar surface area (TPSA) is 60.6 Å². The molecule has 0 aliphatic heterocycles. The van der Waals surface area contributed by atoms with E-state index in [0.717, 1.165) is 23.6 Å². The molecule has 0 bridgehead atoms. The van der Waals surface area contributed by atoms with Gasteiger partial charge in [0.1, 0.15) is 18.7 Å². The Kier molecular flexibility index (Phi) is 2.96. The molecule has 0 radical (unpaired) electrons. The molecule has 108 valence electrons. The van der Waals surface area contributed by atoms with Crippen LogP contribution in [0.25, 0.3) is 10.9 Å². The summed E-state index contributed by atoms with van der Waals surface area (Å²) in [4.78, 5) is 4.29. The number of nitrogens with zero attached hydrogens (tertiary/aromatic N) is 5. The fourth-order valence-corrected chi connectivity index (χ4v) is 2.57. The molecule has 6 nitrogen and oxygen atoms in total. The summed E-state index contributed by atoms with van der Waals surface area (Å²) in [6, 6.07) is 9.05. The maximum atomic E-state index is 4.78. The number of fused-ring (bicyclic) bond motifs is 1. The van der Waals surface area contributed by atoms with Gasteiger partial charge in [-0.1, -0.05) is 18.2 Å². The molecule has 1 N–H and O–H groups in total. The van der Waals surface area contributed by atoms with Crippen LogP contribution in [0.3, 0.4) is 0 Å². The van der Waals surface area contributed by atoms with E-state index in [-0.39, 0.29) is 0 Å². The summed E-state index contributed by atoms with van der Waals surface area (Å²) in [6.07, 6.45) is 4.16. The normalized spacial score (nSPS) is 14.9. The highest BCUT2D eigenvalue weighted by Gasteiger charge is 2.21. The minimum atomic E-state index is 0.639. The Morgan fingerprint density at radius 3 is 2.90 bits per heavy atom. The van der Waals surface area contributed by atoms with Gasteiger partial charge in [0.25, 0.3) is 0 Å². The van der Waals surface area contributed by atoms with Crippen LogP contribution in [-0.4, -0.2) is 30.6 Å². The van der Waals surface area contributed by atoms with E-state index in [9.17, 15) is 0 Å². The monoisotopic (exact) mass is 282 g/mol. The predicted molar refractivity (Wildman–Crippen MR) is 79.7 cm³/mol. The smallest absolute Gasteiger partial charge is 0.148 e. The number of aromatic nitrogens is 5. The van der Waals surface area contributed by atoms with Crippen LogP contribution in [0.15, 0.2) is 30.6 Å². The van der Waals surface area contributed by atoms with Gasteiger partial charge < -0.3 is 5.32 Å². The van der Waals surface area contributed by atoms with Crippen LogP contribution in [0, 0.1) is 0 Å². The zero-order valence-corrected chi connectivity index (χ0v) is 12.0. The average Bonchev–Trinajstić information content (AvgIpc) is 3.16. The summed E-state index contributed by atoms with van der Waals surface area (Å²) in [5.74, 6) is 0.907. The number of rotatable bonds is 5. The van der Waals surface area contributed by atoms with Gasteiger partial charge in [0, 0.05) is 25.0 Å². The van der Waals surface area contributed by atoms with Crippen LogP contribution in [0.2, 0.25) is 0 Å². The molecule has 2 heterocycles. The molecule has 1 aliphatic rings. The van der Waals surface area contributed by atoms with E-state index in [2.05, 4.69) is 39.7 Å². The highest BCUT2D eigenvalue weighted by Crippen LogP contribution is 2.22. The maximum Gasteiger partial charge on any atom is 0.148 e. The van der Waals surface area contributed by atoms with Crippen molar-refractivity contribution in [3.63, 3.8) is 0 Å². The number of nitrogens with one attached hydrogen (secondary N) is 1. The van der Waals surface area contributed by atoms with Gasteiger partial charge in [-0.05, 0) is 18.9 Å². The van der Waals surface area contributed by atoms with Crippen molar-refractivity contribution in [1.29, 1.82) is 0 Å². The Labute approximate surface area is 122 Å². The van der Waals surface area contributed by atoms with Gasteiger partial charge >= 0.3 is 0 Å². The molecule has 0 unspecified atom stereocenters. The van der Waals surface area contributed by atoms with Gasteiger partial charge in [-0.25, -0.2) is 4.98 Å². The number of hydrogen-bond acceptors (Lipinski definition) is 4. The third kappa shape index (κ3) is 2.42. The molecule has 1 fully saturated rings. The highest BCUT2D eigenvalue weighted by molar-refractivity contribution is 5.82. The number of hydrogen-bond donors (Lipinski definition) is 1. The molecule has 0 amide bonds. The summed E-state index contributed by atoms with van der Waals surface area (Å²) in [5.41, 5.74) is 2.26. The fourth-order valence-electron chi connectivity index (χ4n) is 2.57. The SMILES string of the molecule is Cn1ncnc1Cn1nc(CNC2CC2)c2ccccc21. The van der Waals surface area contributed by atoms with Crippen LogP contribution in [0.5, 0.6) is 0 Å². The first-order chi connectivity index (χ1) is 10.3. The molecule has 21 heavy (non-hydrogen) atoms. The minimum absolute atomic E-state index is 0.639. The Balaban J connectivity index is 1.68. The number of benzene rings is 1. The lowest BCUT2D eigenvalue weighted by Gasteiger charge is -2.02. The molecule has 1 aliphatic carbocycles. The quantitative estimate of drug-likeness (QED) is 0.770. The van der Waals surface area contributed by atoms with Crippen LogP contribution >= 0.6 is 0 Å². The Morgan fingerprint density at radius 1 is 1.29 bits per heavy atom. The van der Waals surface area contributed by atoms with Crippen molar-refractivity contribution in [2.75, 3.05) is 0 Å². The molecular formula is C15H18N6. The van der Waals surface area contributed by atoms with Crippen molar-refractivity contribution in [3.8, 4) is 0 Å². The summed E-state index contributed by atoms with van der Waals surface area (Å²) in [7, 11) is 1.91. The van der Waals surface area contributed by atoms with E-state index in [1.807, 2.05) is 11.7 Å². The highest BCUT2D eigenvalue weighted by atomic mass is 15.4. The van der Waals surface area contributed by atoms with E-state index in [1.54, 1.807) is 11.0 Å². The molecule has 2 aromatic heterocycles. The Morgan fingerprint density at radius 2 is 2.14 bits per heavy atom. The molecule has 3 aromatic rings. The first-order valence-corrected chi connectivity index (χ1v) is 7.32. The molecule has 0 spiro atoms. The molecule has 1 aromatic carbocycles. The van der Waals surface area contributed by atoms with Crippen molar-refractivity contribution in [2.45, 2.75) is 32.0 Å². The lowest BCUT2D eigenvalue weighted by Crippen LogP contribution is -2.16. The van der Waals surface area contributed by atoms with Crippen molar-refractivity contribution in [2.24, 2.45) is 7.05 Å². The number of para-hydroxylation sites is 1. The molecular weight excluding hydrogens is 264 g/mol. The predicted octanol–water partition coefficient (Wildman–Crippen LogP) is 1.47. The summed E-state index contributed by atoms with van der Waals surface area (Å²) < 4.78 is 3.81. The van der Waals surface area contributed by atoms with Crippen molar-refractivity contribution >= 4 is 10.9 Å². The summed E-state index contributed by atoms with van der Waals surface area (Å²) in [6.45, 7) is 1.47. The first kappa shape index (κ1) is 12.5. The molecule has 0 saturated heterocycles. The van der Waals surface area contributed by atoms with Gasteiger partial charge in [-0.3, -0.25) is 9.36 Å². The van der Waals surface area contributed by atoms with Crippen molar-refractivity contribution in [1.82, 2.24) is 29.9 Å². The molecule has 1 saturated carbocycles. The second-order valence-electron chi connectivity index (χ2n) is 5.58. The molecule has 6 heteroatoms. The van der Waals surface area contributed by atoms with E-state index in [4.69, 9.17) is 5.10 Å². The first-order valence-electron chi connectivity index (χ1n) is 7.32. The number of aryl methyl sites for hydroxylation is 1. The average molecular weight is 282 g/mol. The summed E-state index contributed by atoms with van der Waals surface area (Å²) >= 11 is 0. The van der Waals surface area contributed by atoms with E-state index in [0.29, 0.717) is 12.6 Å². The van der Waals surface area contributed by atoms with E-state index in [1.165, 1.54) is 18.2 Å². The van der Waals surface area contributed by atoms with Crippen molar-refractivity contribution in [3.05, 3.63) is 42.1 Å². The minimum Gasteiger partial charge on any atom is -0.308 e. The van der Waals surface area contributed by atoms with Gasteiger partial charge in [0.15, 0.2) is 0 Å². The van der Waals surface area contributed by atoms with Crippen LogP contribution in [0.4, 0.5) is 0 Å². The zero-order chi connectivity index (χ0) is 14.2. The van der Waals surface area contributed by atoms with E-state index >= 15 is 0 Å². The lowest BCUT2D eigenvalue weighted by molar-refractivity contribution is 0.601. The van der Waals surface area contributed by atoms with Gasteiger partial charge in [0.05, 0.1) is 11.2 Å². The van der Waals surface area contributed by atoms with Crippen LogP contribution in [-0.2, 0) is 20.1 Å². The largest absolute Gasteiger partial charge is 0.308 e. The van der Waals surface area contributed by atoms with Crippen molar-refractivity contribution < 1.29 is 0 Å². The molecule has 4 rings (SSSR count). The second-order valence-corrected chi connectivity index (χ2v) is 5.58.